The molecule has 1 saturated heterocycles. The zero-order valence-corrected chi connectivity index (χ0v) is 10.1. The van der Waals surface area contributed by atoms with E-state index in [2.05, 4.69) is 10.6 Å². The molecule has 1 fully saturated rings. The zero-order valence-electron chi connectivity index (χ0n) is 10.1. The number of aliphatic hydroxyl groups excluding tert-OH is 1. The minimum Gasteiger partial charge on any atom is -0.445 e. The number of carbonyl (C=O) groups excluding carboxylic acids is 1. The largest absolute Gasteiger partial charge is 0.445 e. The van der Waals surface area contributed by atoms with E-state index < -0.39 is 6.09 Å². The van der Waals surface area contributed by atoms with E-state index in [1.54, 1.807) is 0 Å². The maximum Gasteiger partial charge on any atom is 0.407 e. The highest BCUT2D eigenvalue weighted by atomic mass is 16.5. The first-order chi connectivity index (χ1) is 8.78. The molecule has 0 aromatic heterocycles. The fraction of sp³-hybridized carbons (Fsp3) is 0.462. The van der Waals surface area contributed by atoms with Gasteiger partial charge in [-0.05, 0) is 12.0 Å². The van der Waals surface area contributed by atoms with E-state index in [9.17, 15) is 4.79 Å². The van der Waals surface area contributed by atoms with Crippen molar-refractivity contribution in [2.75, 3.05) is 13.2 Å². The van der Waals surface area contributed by atoms with E-state index in [-0.39, 0.29) is 25.3 Å². The SMILES string of the molecule is O=C(N[C@H]1CN[C@@H](CO)C1)OCc1ccccc1. The third-order valence-electron chi connectivity index (χ3n) is 2.98. The zero-order chi connectivity index (χ0) is 12.8. The predicted molar refractivity (Wildman–Crippen MR) is 67.0 cm³/mol. The Labute approximate surface area is 106 Å². The second-order valence-electron chi connectivity index (χ2n) is 4.43. The minimum atomic E-state index is -0.413. The number of amides is 1. The van der Waals surface area contributed by atoms with Crippen LogP contribution in [0, 0.1) is 0 Å². The fourth-order valence-electron chi connectivity index (χ4n) is 2.00. The molecule has 2 rings (SSSR count). The lowest BCUT2D eigenvalue weighted by molar-refractivity contribution is 0.136. The first-order valence-corrected chi connectivity index (χ1v) is 6.09. The van der Waals surface area contributed by atoms with Crippen molar-refractivity contribution in [3.63, 3.8) is 0 Å². The Morgan fingerprint density at radius 1 is 1.44 bits per heavy atom. The van der Waals surface area contributed by atoms with E-state index in [1.807, 2.05) is 30.3 Å². The molecule has 2 atom stereocenters. The molecule has 0 saturated carbocycles. The van der Waals surface area contributed by atoms with Crippen LogP contribution in [0.2, 0.25) is 0 Å². The molecule has 98 valence electrons. The third kappa shape index (κ3) is 3.72. The molecule has 1 aliphatic heterocycles. The van der Waals surface area contributed by atoms with Crippen LogP contribution in [0.15, 0.2) is 30.3 Å². The summed E-state index contributed by atoms with van der Waals surface area (Å²) in [5.74, 6) is 0. The summed E-state index contributed by atoms with van der Waals surface area (Å²) in [4.78, 5) is 11.5. The molecule has 1 aliphatic rings. The van der Waals surface area contributed by atoms with Gasteiger partial charge in [0.1, 0.15) is 6.61 Å². The minimum absolute atomic E-state index is 0.0328. The average molecular weight is 250 g/mol. The number of alkyl carbamates (subject to hydrolysis) is 1. The van der Waals surface area contributed by atoms with Crippen LogP contribution < -0.4 is 10.6 Å². The Morgan fingerprint density at radius 2 is 2.22 bits per heavy atom. The summed E-state index contributed by atoms with van der Waals surface area (Å²) in [6.45, 7) is 1.04. The lowest BCUT2D eigenvalue weighted by Crippen LogP contribution is -2.36. The molecule has 1 heterocycles. The number of hydrogen-bond acceptors (Lipinski definition) is 4. The Hall–Kier alpha value is -1.59. The van der Waals surface area contributed by atoms with Gasteiger partial charge in [-0.3, -0.25) is 0 Å². The maximum absolute atomic E-state index is 11.5. The summed E-state index contributed by atoms with van der Waals surface area (Å²) in [5.41, 5.74) is 0.963. The van der Waals surface area contributed by atoms with Crippen molar-refractivity contribution in [2.45, 2.75) is 25.1 Å². The predicted octanol–water partition coefficient (Wildman–Crippen LogP) is 0.636. The second-order valence-corrected chi connectivity index (χ2v) is 4.43. The number of aliphatic hydroxyl groups is 1. The van der Waals surface area contributed by atoms with Crippen molar-refractivity contribution < 1.29 is 14.6 Å². The molecule has 1 amide bonds. The van der Waals surface area contributed by atoms with E-state index in [0.717, 1.165) is 12.0 Å². The van der Waals surface area contributed by atoms with Crippen LogP contribution in [0.25, 0.3) is 0 Å². The van der Waals surface area contributed by atoms with Gasteiger partial charge < -0.3 is 20.5 Å². The molecular weight excluding hydrogens is 232 g/mol. The van der Waals surface area contributed by atoms with Gasteiger partial charge in [0.05, 0.1) is 6.61 Å². The normalized spacial score (nSPS) is 22.7. The van der Waals surface area contributed by atoms with Gasteiger partial charge in [0.15, 0.2) is 0 Å². The number of benzene rings is 1. The summed E-state index contributed by atoms with van der Waals surface area (Å²) in [6.07, 6.45) is 0.320. The fourth-order valence-corrected chi connectivity index (χ4v) is 2.00. The lowest BCUT2D eigenvalue weighted by atomic mass is 10.2. The number of ether oxygens (including phenoxy) is 1. The summed E-state index contributed by atoms with van der Waals surface area (Å²) in [7, 11) is 0. The topological polar surface area (TPSA) is 70.6 Å². The number of carbonyl (C=O) groups is 1. The lowest BCUT2D eigenvalue weighted by Gasteiger charge is -2.12. The molecular formula is C13H18N2O3. The molecule has 5 heteroatoms. The van der Waals surface area contributed by atoms with Gasteiger partial charge in [0, 0.05) is 18.6 Å². The Morgan fingerprint density at radius 3 is 2.89 bits per heavy atom. The molecule has 0 spiro atoms. The van der Waals surface area contributed by atoms with Crippen LogP contribution in [-0.4, -0.2) is 36.4 Å². The van der Waals surface area contributed by atoms with E-state index in [1.165, 1.54) is 0 Å². The van der Waals surface area contributed by atoms with Crippen LogP contribution >= 0.6 is 0 Å². The van der Waals surface area contributed by atoms with Crippen LogP contribution in [0.3, 0.4) is 0 Å². The second kappa shape index (κ2) is 6.37. The van der Waals surface area contributed by atoms with Crippen LogP contribution in [0.5, 0.6) is 0 Å². The first kappa shape index (κ1) is 12.9. The maximum atomic E-state index is 11.5. The van der Waals surface area contributed by atoms with Crippen LogP contribution in [0.1, 0.15) is 12.0 Å². The Bertz CT molecular complexity index is 383. The van der Waals surface area contributed by atoms with Crippen molar-refractivity contribution in [3.8, 4) is 0 Å². The average Bonchev–Trinajstić information content (AvgIpc) is 2.85. The van der Waals surface area contributed by atoms with Crippen molar-refractivity contribution >= 4 is 6.09 Å². The van der Waals surface area contributed by atoms with Crippen LogP contribution in [-0.2, 0) is 11.3 Å². The quantitative estimate of drug-likeness (QED) is 0.733. The standard InChI is InChI=1S/C13H18N2O3/c16-8-12-6-11(7-14-12)15-13(17)18-9-10-4-2-1-3-5-10/h1-5,11-12,14,16H,6-9H2,(H,15,17)/t11-,12-/m1/s1. The molecule has 1 aromatic carbocycles. The molecule has 3 N–H and O–H groups in total. The molecule has 5 nitrogen and oxygen atoms in total. The molecule has 0 bridgehead atoms. The highest BCUT2D eigenvalue weighted by molar-refractivity contribution is 5.67. The Kier molecular flexibility index (Phi) is 4.55. The summed E-state index contributed by atoms with van der Waals surface area (Å²) in [6, 6.07) is 9.66. The first-order valence-electron chi connectivity index (χ1n) is 6.09. The Balaban J connectivity index is 1.70. The van der Waals surface area contributed by atoms with E-state index in [0.29, 0.717) is 6.54 Å². The van der Waals surface area contributed by atoms with Gasteiger partial charge in [-0.2, -0.15) is 0 Å². The molecule has 18 heavy (non-hydrogen) atoms. The van der Waals surface area contributed by atoms with Gasteiger partial charge in [0.2, 0.25) is 0 Å². The molecule has 1 aromatic rings. The third-order valence-corrected chi connectivity index (χ3v) is 2.98. The monoisotopic (exact) mass is 250 g/mol. The van der Waals surface area contributed by atoms with Crippen molar-refractivity contribution in [3.05, 3.63) is 35.9 Å². The van der Waals surface area contributed by atoms with Gasteiger partial charge in [-0.1, -0.05) is 30.3 Å². The van der Waals surface area contributed by atoms with Gasteiger partial charge in [0.25, 0.3) is 0 Å². The van der Waals surface area contributed by atoms with Crippen molar-refractivity contribution in [1.29, 1.82) is 0 Å². The van der Waals surface area contributed by atoms with Crippen molar-refractivity contribution in [2.24, 2.45) is 0 Å². The number of nitrogens with one attached hydrogen (secondary N) is 2. The smallest absolute Gasteiger partial charge is 0.407 e. The summed E-state index contributed by atoms with van der Waals surface area (Å²) in [5, 5.41) is 14.9. The molecule has 0 radical (unpaired) electrons. The number of hydrogen-bond donors (Lipinski definition) is 3. The van der Waals surface area contributed by atoms with Gasteiger partial charge >= 0.3 is 6.09 Å². The highest BCUT2D eigenvalue weighted by Crippen LogP contribution is 2.06. The van der Waals surface area contributed by atoms with Gasteiger partial charge in [-0.25, -0.2) is 4.79 Å². The summed E-state index contributed by atoms with van der Waals surface area (Å²) < 4.78 is 5.12. The molecule has 0 aliphatic carbocycles. The highest BCUT2D eigenvalue weighted by Gasteiger charge is 2.24. The number of rotatable bonds is 4. The molecule has 0 unspecified atom stereocenters. The van der Waals surface area contributed by atoms with Crippen LogP contribution in [0.4, 0.5) is 4.79 Å². The van der Waals surface area contributed by atoms with Crippen molar-refractivity contribution in [1.82, 2.24) is 10.6 Å². The summed E-state index contributed by atoms with van der Waals surface area (Å²) >= 11 is 0. The van der Waals surface area contributed by atoms with E-state index in [4.69, 9.17) is 9.84 Å². The van der Waals surface area contributed by atoms with Gasteiger partial charge in [-0.15, -0.1) is 0 Å². The van der Waals surface area contributed by atoms with E-state index >= 15 is 0 Å².